The second-order valence-electron chi connectivity index (χ2n) is 4.94. The van der Waals surface area contributed by atoms with E-state index in [0.29, 0.717) is 19.3 Å². The topological polar surface area (TPSA) is 66.1 Å². The van der Waals surface area contributed by atoms with E-state index in [0.717, 1.165) is 5.56 Å². The molecule has 1 N–H and O–H groups in total. The molecule has 1 fully saturated rings. The van der Waals surface area contributed by atoms with Crippen LogP contribution in [-0.2, 0) is 9.59 Å². The third-order valence-corrected chi connectivity index (χ3v) is 4.17. The van der Waals surface area contributed by atoms with Crippen LogP contribution in [0, 0.1) is 5.41 Å². The third kappa shape index (κ3) is 1.74. The minimum Gasteiger partial charge on any atom is -0.285 e. The quantitative estimate of drug-likeness (QED) is 0.830. The Morgan fingerprint density at radius 1 is 1.44 bits per heavy atom. The highest BCUT2D eigenvalue weighted by atomic mass is 16.2. The minimum atomic E-state index is -0.491. The average Bonchev–Trinajstić information content (AvgIpc) is 2.96. The van der Waals surface area contributed by atoms with Crippen LogP contribution in [-0.4, -0.2) is 26.9 Å². The maximum Gasteiger partial charge on any atom is 0.236 e. The van der Waals surface area contributed by atoms with Crippen molar-refractivity contribution in [3.63, 3.8) is 0 Å². The number of H-pyrrole nitrogens is 1. The van der Waals surface area contributed by atoms with E-state index in [-0.39, 0.29) is 17.9 Å². The van der Waals surface area contributed by atoms with Crippen molar-refractivity contribution in [3.05, 3.63) is 18.0 Å². The van der Waals surface area contributed by atoms with Gasteiger partial charge in [-0.3, -0.25) is 19.6 Å². The van der Waals surface area contributed by atoms with Crippen molar-refractivity contribution >= 4 is 11.8 Å². The first-order valence-corrected chi connectivity index (χ1v) is 6.41. The first-order chi connectivity index (χ1) is 8.55. The second-order valence-corrected chi connectivity index (χ2v) is 4.94. The van der Waals surface area contributed by atoms with E-state index in [1.54, 1.807) is 12.4 Å². The lowest BCUT2D eigenvalue weighted by Gasteiger charge is -2.26. The van der Waals surface area contributed by atoms with Gasteiger partial charge >= 0.3 is 0 Å². The van der Waals surface area contributed by atoms with E-state index in [1.807, 2.05) is 20.8 Å². The van der Waals surface area contributed by atoms with Gasteiger partial charge in [-0.15, -0.1) is 0 Å². The highest BCUT2D eigenvalue weighted by molar-refractivity contribution is 6.06. The van der Waals surface area contributed by atoms with Gasteiger partial charge in [-0.2, -0.15) is 5.10 Å². The lowest BCUT2D eigenvalue weighted by atomic mass is 9.81. The Balaban J connectivity index is 2.30. The number of carbonyl (C=O) groups excluding carboxylic acids is 2. The van der Waals surface area contributed by atoms with Crippen molar-refractivity contribution in [1.29, 1.82) is 0 Å². The van der Waals surface area contributed by atoms with Crippen LogP contribution in [0.15, 0.2) is 12.4 Å². The van der Waals surface area contributed by atoms with Crippen molar-refractivity contribution in [3.8, 4) is 0 Å². The number of aromatic nitrogens is 2. The Bertz CT molecular complexity index is 449. The molecule has 5 heteroatoms. The zero-order valence-corrected chi connectivity index (χ0v) is 11.1. The van der Waals surface area contributed by atoms with E-state index in [1.165, 1.54) is 4.90 Å². The van der Waals surface area contributed by atoms with Gasteiger partial charge < -0.3 is 0 Å². The van der Waals surface area contributed by atoms with Gasteiger partial charge in [0.1, 0.15) is 0 Å². The summed E-state index contributed by atoms with van der Waals surface area (Å²) in [5.74, 6) is -0.108. The molecule has 1 unspecified atom stereocenters. The van der Waals surface area contributed by atoms with Crippen LogP contribution < -0.4 is 0 Å². The van der Waals surface area contributed by atoms with Crippen LogP contribution in [0.1, 0.15) is 51.6 Å². The SMILES string of the molecule is CCC1(CC)CC(=O)N(C(C)c2cn[nH]c2)C1=O. The predicted octanol–water partition coefficient (Wildman–Crippen LogP) is 2.04. The van der Waals surface area contributed by atoms with E-state index < -0.39 is 5.41 Å². The Hall–Kier alpha value is -1.65. The largest absolute Gasteiger partial charge is 0.285 e. The fourth-order valence-corrected chi connectivity index (χ4v) is 2.65. The molecule has 2 amide bonds. The van der Waals surface area contributed by atoms with Gasteiger partial charge in [0, 0.05) is 18.2 Å². The monoisotopic (exact) mass is 249 g/mol. The van der Waals surface area contributed by atoms with Crippen molar-refractivity contribution in [2.45, 2.75) is 46.1 Å². The van der Waals surface area contributed by atoms with Gasteiger partial charge in [0.2, 0.25) is 11.8 Å². The molecule has 1 aromatic heterocycles. The number of amides is 2. The smallest absolute Gasteiger partial charge is 0.236 e. The number of aromatic amines is 1. The zero-order chi connectivity index (χ0) is 13.3. The summed E-state index contributed by atoms with van der Waals surface area (Å²) in [4.78, 5) is 26.0. The van der Waals surface area contributed by atoms with Crippen molar-refractivity contribution in [2.75, 3.05) is 0 Å². The number of nitrogens with zero attached hydrogens (tertiary/aromatic N) is 2. The van der Waals surface area contributed by atoms with Gasteiger partial charge in [0.05, 0.1) is 17.7 Å². The number of hydrogen-bond donors (Lipinski definition) is 1. The molecule has 0 spiro atoms. The molecule has 1 saturated heterocycles. The molecule has 5 nitrogen and oxygen atoms in total. The molecule has 1 aliphatic rings. The number of likely N-dealkylation sites (tertiary alicyclic amines) is 1. The van der Waals surface area contributed by atoms with E-state index in [9.17, 15) is 9.59 Å². The van der Waals surface area contributed by atoms with Crippen molar-refractivity contribution in [2.24, 2.45) is 5.41 Å². The Kier molecular flexibility index (Phi) is 3.24. The summed E-state index contributed by atoms with van der Waals surface area (Å²) in [5.41, 5.74) is 0.370. The maximum atomic E-state index is 12.5. The molecule has 2 rings (SSSR count). The molecule has 0 saturated carbocycles. The summed E-state index contributed by atoms with van der Waals surface area (Å²) in [6, 6.07) is -0.247. The standard InChI is InChI=1S/C13H19N3O2/c1-4-13(5-2)6-11(17)16(12(13)18)9(3)10-7-14-15-8-10/h7-9H,4-6H2,1-3H3,(H,14,15). The Labute approximate surface area is 107 Å². The molecular weight excluding hydrogens is 230 g/mol. The molecule has 0 aromatic carbocycles. The normalized spacial score (nSPS) is 20.5. The number of imide groups is 1. The van der Waals surface area contributed by atoms with Gasteiger partial charge in [-0.1, -0.05) is 13.8 Å². The molecule has 18 heavy (non-hydrogen) atoms. The van der Waals surface area contributed by atoms with E-state index in [4.69, 9.17) is 0 Å². The number of nitrogens with one attached hydrogen (secondary N) is 1. The number of carbonyl (C=O) groups is 2. The summed E-state index contributed by atoms with van der Waals surface area (Å²) < 4.78 is 0. The lowest BCUT2D eigenvalue weighted by molar-refractivity contribution is -0.144. The first kappa shape index (κ1) is 12.8. The molecule has 1 aromatic rings. The molecule has 0 bridgehead atoms. The Morgan fingerprint density at radius 3 is 2.56 bits per heavy atom. The highest BCUT2D eigenvalue weighted by Gasteiger charge is 2.50. The van der Waals surface area contributed by atoms with Crippen LogP contribution >= 0.6 is 0 Å². The van der Waals surface area contributed by atoms with Gasteiger partial charge in [-0.25, -0.2) is 0 Å². The zero-order valence-electron chi connectivity index (χ0n) is 11.1. The summed E-state index contributed by atoms with van der Waals surface area (Å²) >= 11 is 0. The number of hydrogen-bond acceptors (Lipinski definition) is 3. The fraction of sp³-hybridized carbons (Fsp3) is 0.615. The average molecular weight is 249 g/mol. The van der Waals surface area contributed by atoms with Crippen molar-refractivity contribution < 1.29 is 9.59 Å². The molecule has 0 aliphatic carbocycles. The molecule has 1 atom stereocenters. The van der Waals surface area contributed by atoms with Gasteiger partial charge in [-0.05, 0) is 19.8 Å². The molecule has 2 heterocycles. The highest BCUT2D eigenvalue weighted by Crippen LogP contribution is 2.42. The number of rotatable bonds is 4. The third-order valence-electron chi connectivity index (χ3n) is 4.17. The molecule has 0 radical (unpaired) electrons. The summed E-state index contributed by atoms with van der Waals surface area (Å²) in [6.07, 6.45) is 5.14. The van der Waals surface area contributed by atoms with Crippen LogP contribution in [0.4, 0.5) is 0 Å². The molecule has 1 aliphatic heterocycles. The van der Waals surface area contributed by atoms with Gasteiger partial charge in [0.25, 0.3) is 0 Å². The second kappa shape index (κ2) is 4.55. The summed E-state index contributed by atoms with van der Waals surface area (Å²) in [5, 5.41) is 6.58. The Morgan fingerprint density at radius 2 is 2.11 bits per heavy atom. The first-order valence-electron chi connectivity index (χ1n) is 6.41. The van der Waals surface area contributed by atoms with Crippen LogP contribution in [0.5, 0.6) is 0 Å². The van der Waals surface area contributed by atoms with Gasteiger partial charge in [0.15, 0.2) is 0 Å². The van der Waals surface area contributed by atoms with E-state index >= 15 is 0 Å². The summed E-state index contributed by atoms with van der Waals surface area (Å²) in [6.45, 7) is 5.81. The van der Waals surface area contributed by atoms with E-state index in [2.05, 4.69) is 10.2 Å². The fourth-order valence-electron chi connectivity index (χ4n) is 2.65. The van der Waals surface area contributed by atoms with Crippen molar-refractivity contribution in [1.82, 2.24) is 15.1 Å². The molecule has 98 valence electrons. The minimum absolute atomic E-state index is 0.0359. The molecular formula is C13H19N3O2. The lowest BCUT2D eigenvalue weighted by Crippen LogP contribution is -2.36. The van der Waals surface area contributed by atoms with Crippen LogP contribution in [0.3, 0.4) is 0 Å². The maximum absolute atomic E-state index is 12.5. The summed E-state index contributed by atoms with van der Waals surface area (Å²) in [7, 11) is 0. The predicted molar refractivity (Wildman–Crippen MR) is 66.5 cm³/mol. The van der Waals surface area contributed by atoms with Crippen LogP contribution in [0.25, 0.3) is 0 Å². The van der Waals surface area contributed by atoms with Crippen LogP contribution in [0.2, 0.25) is 0 Å².